The van der Waals surface area contributed by atoms with Crippen LogP contribution in [0.3, 0.4) is 0 Å². The fourth-order valence-corrected chi connectivity index (χ4v) is 2.16. The third-order valence-electron chi connectivity index (χ3n) is 3.28. The van der Waals surface area contributed by atoms with Crippen LogP contribution in [0.25, 0.3) is 0 Å². The Balaban J connectivity index is 1.75. The Morgan fingerprint density at radius 1 is 1.33 bits per heavy atom. The van der Waals surface area contributed by atoms with Gasteiger partial charge in [-0.15, -0.1) is 0 Å². The lowest BCUT2D eigenvalue weighted by Gasteiger charge is -2.33. The average molecular weight is 204 g/mol. The molecule has 1 aliphatic carbocycles. The first-order valence-electron chi connectivity index (χ1n) is 5.79. The number of hydrogen-bond donors (Lipinski definition) is 2. The maximum atomic E-state index is 5.76. The van der Waals surface area contributed by atoms with Gasteiger partial charge in [-0.3, -0.25) is 0 Å². The third kappa shape index (κ3) is 2.80. The minimum Gasteiger partial charge on any atom is -0.328 e. The lowest BCUT2D eigenvalue weighted by atomic mass is 9.81. The summed E-state index contributed by atoms with van der Waals surface area (Å²) in [7, 11) is 0. The van der Waals surface area contributed by atoms with Crippen LogP contribution in [0, 0.1) is 5.92 Å². The summed E-state index contributed by atoms with van der Waals surface area (Å²) < 4.78 is 0. The number of benzene rings is 1. The molecule has 2 heteroatoms. The molecule has 0 radical (unpaired) electrons. The summed E-state index contributed by atoms with van der Waals surface area (Å²) in [5, 5.41) is 3.57. The Hall–Kier alpha value is -0.860. The summed E-state index contributed by atoms with van der Waals surface area (Å²) in [5.41, 5.74) is 7.12. The lowest BCUT2D eigenvalue weighted by molar-refractivity contribution is 0.250. The fraction of sp³-hybridized carbons (Fsp3) is 0.538. The molecule has 0 amide bonds. The van der Waals surface area contributed by atoms with Gasteiger partial charge in [-0.2, -0.15) is 0 Å². The van der Waals surface area contributed by atoms with E-state index in [1.54, 1.807) is 0 Å². The smallest absolute Gasteiger partial charge is 0.0291 e. The van der Waals surface area contributed by atoms with Crippen molar-refractivity contribution in [2.75, 3.05) is 6.54 Å². The van der Waals surface area contributed by atoms with Crippen LogP contribution < -0.4 is 11.1 Å². The van der Waals surface area contributed by atoms with Crippen molar-refractivity contribution in [3.63, 3.8) is 0 Å². The van der Waals surface area contributed by atoms with Crippen molar-refractivity contribution in [2.24, 2.45) is 11.7 Å². The van der Waals surface area contributed by atoms with E-state index in [0.29, 0.717) is 12.1 Å². The molecule has 1 unspecified atom stereocenters. The second-order valence-corrected chi connectivity index (χ2v) is 4.64. The predicted octanol–water partition coefficient (Wildman–Crippen LogP) is 2.07. The molecule has 82 valence electrons. The van der Waals surface area contributed by atoms with Crippen molar-refractivity contribution in [1.29, 1.82) is 0 Å². The summed E-state index contributed by atoms with van der Waals surface area (Å²) >= 11 is 0. The second-order valence-electron chi connectivity index (χ2n) is 4.64. The molecule has 1 aromatic carbocycles. The highest BCUT2D eigenvalue weighted by molar-refractivity contribution is 5.18. The van der Waals surface area contributed by atoms with Crippen molar-refractivity contribution in [2.45, 2.75) is 31.8 Å². The SMILES string of the molecule is CC(NCC1CC(N)C1)c1ccccc1. The summed E-state index contributed by atoms with van der Waals surface area (Å²) in [5.74, 6) is 0.797. The summed E-state index contributed by atoms with van der Waals surface area (Å²) in [6.45, 7) is 3.32. The van der Waals surface area contributed by atoms with Gasteiger partial charge in [0, 0.05) is 12.1 Å². The fourth-order valence-electron chi connectivity index (χ4n) is 2.16. The monoisotopic (exact) mass is 204 g/mol. The van der Waals surface area contributed by atoms with E-state index in [-0.39, 0.29) is 0 Å². The van der Waals surface area contributed by atoms with Crippen molar-refractivity contribution in [1.82, 2.24) is 5.32 Å². The molecule has 2 nitrogen and oxygen atoms in total. The second kappa shape index (κ2) is 4.77. The van der Waals surface area contributed by atoms with E-state index in [9.17, 15) is 0 Å². The minimum absolute atomic E-state index is 0.447. The Kier molecular flexibility index (Phi) is 3.39. The molecule has 0 spiro atoms. The Bertz CT molecular complexity index is 291. The Morgan fingerprint density at radius 2 is 2.00 bits per heavy atom. The van der Waals surface area contributed by atoms with Gasteiger partial charge in [0.1, 0.15) is 0 Å². The molecule has 1 atom stereocenters. The molecule has 0 saturated heterocycles. The highest BCUT2D eigenvalue weighted by atomic mass is 14.9. The molecule has 1 fully saturated rings. The van der Waals surface area contributed by atoms with Crippen LogP contribution in [0.4, 0.5) is 0 Å². The highest BCUT2D eigenvalue weighted by Gasteiger charge is 2.25. The van der Waals surface area contributed by atoms with Gasteiger partial charge in [0.25, 0.3) is 0 Å². The summed E-state index contributed by atoms with van der Waals surface area (Å²) in [6, 6.07) is 11.5. The van der Waals surface area contributed by atoms with Crippen LogP contribution >= 0.6 is 0 Å². The molecule has 0 bridgehead atoms. The van der Waals surface area contributed by atoms with Crippen molar-refractivity contribution in [3.8, 4) is 0 Å². The van der Waals surface area contributed by atoms with Gasteiger partial charge in [-0.05, 0) is 37.8 Å². The first-order chi connectivity index (χ1) is 7.25. The standard InChI is InChI=1S/C13H20N2/c1-10(12-5-3-2-4-6-12)15-9-11-7-13(14)8-11/h2-6,10-11,13,15H,7-9,14H2,1H3. The van der Waals surface area contributed by atoms with Crippen LogP contribution in [-0.2, 0) is 0 Å². The van der Waals surface area contributed by atoms with E-state index in [2.05, 4.69) is 42.6 Å². The van der Waals surface area contributed by atoms with E-state index in [1.807, 2.05) is 0 Å². The van der Waals surface area contributed by atoms with E-state index in [0.717, 1.165) is 12.5 Å². The van der Waals surface area contributed by atoms with Gasteiger partial charge in [0.05, 0.1) is 0 Å². The number of nitrogens with two attached hydrogens (primary N) is 1. The van der Waals surface area contributed by atoms with Gasteiger partial charge in [0.2, 0.25) is 0 Å². The largest absolute Gasteiger partial charge is 0.328 e. The van der Waals surface area contributed by atoms with Gasteiger partial charge >= 0.3 is 0 Å². The number of nitrogens with one attached hydrogen (secondary N) is 1. The molecule has 2 rings (SSSR count). The first kappa shape index (κ1) is 10.7. The van der Waals surface area contributed by atoms with Crippen molar-refractivity contribution < 1.29 is 0 Å². The molecular weight excluding hydrogens is 184 g/mol. The molecule has 0 heterocycles. The third-order valence-corrected chi connectivity index (χ3v) is 3.28. The van der Waals surface area contributed by atoms with Gasteiger partial charge in [-0.1, -0.05) is 30.3 Å². The molecule has 0 aliphatic heterocycles. The average Bonchev–Trinajstić information content (AvgIpc) is 2.23. The molecule has 15 heavy (non-hydrogen) atoms. The van der Waals surface area contributed by atoms with Gasteiger partial charge < -0.3 is 11.1 Å². The summed E-state index contributed by atoms with van der Waals surface area (Å²) in [6.07, 6.45) is 2.38. The topological polar surface area (TPSA) is 38.0 Å². The minimum atomic E-state index is 0.447. The van der Waals surface area contributed by atoms with Gasteiger partial charge in [0.15, 0.2) is 0 Å². The Labute approximate surface area is 91.9 Å². The zero-order valence-corrected chi connectivity index (χ0v) is 9.32. The molecule has 1 aliphatic rings. The van der Waals surface area contributed by atoms with Crippen LogP contribution in [0.5, 0.6) is 0 Å². The zero-order chi connectivity index (χ0) is 10.7. The number of rotatable bonds is 4. The predicted molar refractivity (Wildman–Crippen MR) is 63.6 cm³/mol. The molecule has 1 aromatic rings. The maximum absolute atomic E-state index is 5.76. The highest BCUT2D eigenvalue weighted by Crippen LogP contribution is 2.25. The lowest BCUT2D eigenvalue weighted by Crippen LogP contribution is -2.41. The quantitative estimate of drug-likeness (QED) is 0.788. The van der Waals surface area contributed by atoms with Crippen molar-refractivity contribution >= 4 is 0 Å². The van der Waals surface area contributed by atoms with E-state index < -0.39 is 0 Å². The van der Waals surface area contributed by atoms with Crippen LogP contribution in [0.15, 0.2) is 30.3 Å². The molecule has 0 aromatic heterocycles. The van der Waals surface area contributed by atoms with E-state index in [4.69, 9.17) is 5.73 Å². The summed E-state index contributed by atoms with van der Waals surface area (Å²) in [4.78, 5) is 0. The van der Waals surface area contributed by atoms with Crippen molar-refractivity contribution in [3.05, 3.63) is 35.9 Å². The van der Waals surface area contributed by atoms with Crippen LogP contribution in [-0.4, -0.2) is 12.6 Å². The zero-order valence-electron chi connectivity index (χ0n) is 9.32. The van der Waals surface area contributed by atoms with Crippen LogP contribution in [0.1, 0.15) is 31.4 Å². The molecule has 1 saturated carbocycles. The maximum Gasteiger partial charge on any atom is 0.0291 e. The van der Waals surface area contributed by atoms with Crippen LogP contribution in [0.2, 0.25) is 0 Å². The first-order valence-corrected chi connectivity index (χ1v) is 5.79. The normalized spacial score (nSPS) is 27.1. The van der Waals surface area contributed by atoms with Gasteiger partial charge in [-0.25, -0.2) is 0 Å². The molecular formula is C13H20N2. The number of hydrogen-bond acceptors (Lipinski definition) is 2. The Morgan fingerprint density at radius 3 is 2.60 bits per heavy atom. The van der Waals surface area contributed by atoms with E-state index in [1.165, 1.54) is 18.4 Å². The molecule has 3 N–H and O–H groups in total. The van der Waals surface area contributed by atoms with E-state index >= 15 is 0 Å².